The SMILES string of the molecule is CC(C)(C)OC(=O)N1CCCC(NCc2cccnc2)C1. The van der Waals surface area contributed by atoms with E-state index < -0.39 is 5.60 Å². The van der Waals surface area contributed by atoms with E-state index in [1.54, 1.807) is 11.1 Å². The molecule has 1 amide bonds. The van der Waals surface area contributed by atoms with Crippen LogP contribution in [0.3, 0.4) is 0 Å². The second-order valence-corrected chi connectivity index (χ2v) is 6.51. The zero-order valence-electron chi connectivity index (χ0n) is 13.1. The predicted octanol–water partition coefficient (Wildman–Crippen LogP) is 2.57. The fourth-order valence-electron chi connectivity index (χ4n) is 2.40. The smallest absolute Gasteiger partial charge is 0.410 e. The van der Waals surface area contributed by atoms with E-state index in [-0.39, 0.29) is 6.09 Å². The Bertz CT molecular complexity index is 456. The Morgan fingerprint density at radius 2 is 2.33 bits per heavy atom. The average Bonchev–Trinajstić information content (AvgIpc) is 2.45. The summed E-state index contributed by atoms with van der Waals surface area (Å²) in [6, 6.07) is 4.30. The lowest BCUT2D eigenvalue weighted by Crippen LogP contribution is -2.49. The normalized spacial score (nSPS) is 19.4. The fraction of sp³-hybridized carbons (Fsp3) is 0.625. The predicted molar refractivity (Wildman–Crippen MR) is 81.9 cm³/mol. The van der Waals surface area contributed by atoms with Crippen molar-refractivity contribution in [2.24, 2.45) is 0 Å². The van der Waals surface area contributed by atoms with Crippen LogP contribution in [0.5, 0.6) is 0 Å². The molecule has 1 aromatic heterocycles. The molecule has 1 aliphatic rings. The highest BCUT2D eigenvalue weighted by molar-refractivity contribution is 5.68. The van der Waals surface area contributed by atoms with Crippen molar-refractivity contribution in [3.8, 4) is 0 Å². The van der Waals surface area contributed by atoms with Crippen LogP contribution in [0.15, 0.2) is 24.5 Å². The molecule has 0 radical (unpaired) electrons. The van der Waals surface area contributed by atoms with E-state index in [4.69, 9.17) is 4.74 Å². The van der Waals surface area contributed by atoms with E-state index in [1.165, 1.54) is 0 Å². The van der Waals surface area contributed by atoms with Crippen molar-refractivity contribution in [2.45, 2.75) is 51.8 Å². The van der Waals surface area contributed by atoms with Crippen molar-refractivity contribution in [3.63, 3.8) is 0 Å². The first kappa shape index (κ1) is 15.8. The zero-order chi connectivity index (χ0) is 15.3. The number of aromatic nitrogens is 1. The largest absolute Gasteiger partial charge is 0.444 e. The highest BCUT2D eigenvalue weighted by Gasteiger charge is 2.27. The topological polar surface area (TPSA) is 54.5 Å². The van der Waals surface area contributed by atoms with Crippen LogP contribution in [-0.2, 0) is 11.3 Å². The molecule has 5 heteroatoms. The molecule has 1 unspecified atom stereocenters. The molecule has 1 atom stereocenters. The summed E-state index contributed by atoms with van der Waals surface area (Å²) in [6.45, 7) is 7.95. The van der Waals surface area contributed by atoms with Gasteiger partial charge in [0.05, 0.1) is 0 Å². The molecular weight excluding hydrogens is 266 g/mol. The number of pyridine rings is 1. The molecule has 0 spiro atoms. The lowest BCUT2D eigenvalue weighted by Gasteiger charge is -2.34. The third-order valence-electron chi connectivity index (χ3n) is 3.39. The second kappa shape index (κ2) is 6.89. The summed E-state index contributed by atoms with van der Waals surface area (Å²) in [4.78, 5) is 18.0. The number of rotatable bonds is 3. The second-order valence-electron chi connectivity index (χ2n) is 6.51. The number of likely N-dealkylation sites (tertiary alicyclic amines) is 1. The minimum absolute atomic E-state index is 0.213. The molecular formula is C16H25N3O2. The van der Waals surface area contributed by atoms with Gasteiger partial charge in [0, 0.05) is 38.1 Å². The van der Waals surface area contributed by atoms with Gasteiger partial charge in [-0.25, -0.2) is 4.79 Å². The Labute approximate surface area is 126 Å². The molecule has 1 N–H and O–H groups in total. The van der Waals surface area contributed by atoms with E-state index in [2.05, 4.69) is 16.4 Å². The Kier molecular flexibility index (Phi) is 5.17. The standard InChI is InChI=1S/C16H25N3O2/c1-16(2,3)21-15(20)19-9-5-7-14(12-19)18-11-13-6-4-8-17-10-13/h4,6,8,10,14,18H,5,7,9,11-12H2,1-3H3. The molecule has 2 heterocycles. The van der Waals surface area contributed by atoms with Crippen LogP contribution >= 0.6 is 0 Å². The van der Waals surface area contributed by atoms with Crippen LogP contribution < -0.4 is 5.32 Å². The maximum atomic E-state index is 12.1. The molecule has 0 aliphatic carbocycles. The van der Waals surface area contributed by atoms with Gasteiger partial charge < -0.3 is 15.0 Å². The van der Waals surface area contributed by atoms with Crippen molar-refractivity contribution in [3.05, 3.63) is 30.1 Å². The molecule has 21 heavy (non-hydrogen) atoms. The molecule has 2 rings (SSSR count). The number of ether oxygens (including phenoxy) is 1. The van der Waals surface area contributed by atoms with Crippen molar-refractivity contribution >= 4 is 6.09 Å². The Morgan fingerprint density at radius 3 is 3.00 bits per heavy atom. The fourth-order valence-corrected chi connectivity index (χ4v) is 2.40. The third kappa shape index (κ3) is 5.34. The van der Waals surface area contributed by atoms with E-state index in [0.29, 0.717) is 12.6 Å². The number of hydrogen-bond donors (Lipinski definition) is 1. The van der Waals surface area contributed by atoms with Crippen LogP contribution in [0, 0.1) is 0 Å². The van der Waals surface area contributed by atoms with Crippen molar-refractivity contribution < 1.29 is 9.53 Å². The minimum atomic E-state index is -0.437. The van der Waals surface area contributed by atoms with Gasteiger partial charge >= 0.3 is 6.09 Å². The summed E-state index contributed by atoms with van der Waals surface area (Å²) in [5.74, 6) is 0. The first-order valence-electron chi connectivity index (χ1n) is 7.54. The number of nitrogens with one attached hydrogen (secondary N) is 1. The van der Waals surface area contributed by atoms with Crippen LogP contribution in [0.4, 0.5) is 4.79 Å². The van der Waals surface area contributed by atoms with Crippen LogP contribution in [0.2, 0.25) is 0 Å². The highest BCUT2D eigenvalue weighted by atomic mass is 16.6. The number of piperidine rings is 1. The van der Waals surface area contributed by atoms with Crippen molar-refractivity contribution in [1.29, 1.82) is 0 Å². The lowest BCUT2D eigenvalue weighted by atomic mass is 10.1. The highest BCUT2D eigenvalue weighted by Crippen LogP contribution is 2.15. The molecule has 0 aromatic carbocycles. The van der Waals surface area contributed by atoms with Gasteiger partial charge in [0.25, 0.3) is 0 Å². The van der Waals surface area contributed by atoms with Gasteiger partial charge in [-0.05, 0) is 45.2 Å². The summed E-state index contributed by atoms with van der Waals surface area (Å²) in [7, 11) is 0. The third-order valence-corrected chi connectivity index (χ3v) is 3.39. The summed E-state index contributed by atoms with van der Waals surface area (Å²) < 4.78 is 5.44. The summed E-state index contributed by atoms with van der Waals surface area (Å²) in [6.07, 6.45) is 5.51. The van der Waals surface area contributed by atoms with Crippen LogP contribution in [-0.4, -0.2) is 40.7 Å². The first-order chi connectivity index (χ1) is 9.94. The average molecular weight is 291 g/mol. The van der Waals surface area contributed by atoms with Crippen molar-refractivity contribution in [2.75, 3.05) is 13.1 Å². The number of nitrogens with zero attached hydrogens (tertiary/aromatic N) is 2. The van der Waals surface area contributed by atoms with Crippen LogP contribution in [0.25, 0.3) is 0 Å². The van der Waals surface area contributed by atoms with Gasteiger partial charge in [0.1, 0.15) is 5.60 Å². The Balaban J connectivity index is 1.82. The zero-order valence-corrected chi connectivity index (χ0v) is 13.1. The maximum absolute atomic E-state index is 12.1. The van der Waals surface area contributed by atoms with E-state index in [9.17, 15) is 4.79 Å². The number of amides is 1. The number of carbonyl (C=O) groups excluding carboxylic acids is 1. The quantitative estimate of drug-likeness (QED) is 0.930. The number of carbonyl (C=O) groups is 1. The first-order valence-corrected chi connectivity index (χ1v) is 7.54. The Hall–Kier alpha value is -1.62. The molecule has 0 bridgehead atoms. The maximum Gasteiger partial charge on any atom is 0.410 e. The summed E-state index contributed by atoms with van der Waals surface area (Å²) >= 11 is 0. The molecule has 5 nitrogen and oxygen atoms in total. The monoisotopic (exact) mass is 291 g/mol. The van der Waals surface area contributed by atoms with Crippen LogP contribution in [0.1, 0.15) is 39.2 Å². The molecule has 1 aliphatic heterocycles. The van der Waals surface area contributed by atoms with E-state index in [1.807, 2.05) is 33.0 Å². The number of hydrogen-bond acceptors (Lipinski definition) is 4. The molecule has 1 saturated heterocycles. The van der Waals surface area contributed by atoms with E-state index >= 15 is 0 Å². The molecule has 1 fully saturated rings. The van der Waals surface area contributed by atoms with Gasteiger partial charge in [-0.3, -0.25) is 4.98 Å². The molecule has 0 saturated carbocycles. The molecule has 1 aromatic rings. The van der Waals surface area contributed by atoms with Gasteiger partial charge in [0.15, 0.2) is 0 Å². The van der Waals surface area contributed by atoms with Gasteiger partial charge in [-0.2, -0.15) is 0 Å². The Morgan fingerprint density at radius 1 is 1.52 bits per heavy atom. The van der Waals surface area contributed by atoms with Gasteiger partial charge in [-0.1, -0.05) is 6.07 Å². The lowest BCUT2D eigenvalue weighted by molar-refractivity contribution is 0.0187. The summed E-state index contributed by atoms with van der Waals surface area (Å²) in [5, 5.41) is 3.50. The van der Waals surface area contributed by atoms with Crippen molar-refractivity contribution in [1.82, 2.24) is 15.2 Å². The van der Waals surface area contributed by atoms with Gasteiger partial charge in [-0.15, -0.1) is 0 Å². The molecule has 116 valence electrons. The van der Waals surface area contributed by atoms with E-state index in [0.717, 1.165) is 31.5 Å². The van der Waals surface area contributed by atoms with Gasteiger partial charge in [0.2, 0.25) is 0 Å². The summed E-state index contributed by atoms with van der Waals surface area (Å²) in [5.41, 5.74) is 0.722. The minimum Gasteiger partial charge on any atom is -0.444 e.